The van der Waals surface area contributed by atoms with Crippen LogP contribution in [0, 0.1) is 0 Å². The Balaban J connectivity index is 2.96. The molecule has 1 aromatic heterocycles. The van der Waals surface area contributed by atoms with Crippen LogP contribution in [-0.2, 0) is 0 Å². The average molecular weight is 294 g/mol. The van der Waals surface area contributed by atoms with Gasteiger partial charge in [0.05, 0.1) is 5.02 Å². The number of rotatable bonds is 0. The van der Waals surface area contributed by atoms with E-state index in [2.05, 4.69) is 15.9 Å². The highest BCUT2D eigenvalue weighted by Crippen LogP contribution is 2.28. The van der Waals surface area contributed by atoms with Gasteiger partial charge in [0.2, 0.25) is 0 Å². The molecule has 14 heavy (non-hydrogen) atoms. The highest BCUT2D eigenvalue weighted by atomic mass is 79.9. The summed E-state index contributed by atoms with van der Waals surface area (Å²) in [5.41, 5.74) is -0.106. The van der Waals surface area contributed by atoms with Crippen molar-refractivity contribution in [3.8, 4) is 0 Å². The molecule has 1 aromatic carbocycles. The van der Waals surface area contributed by atoms with E-state index in [1.807, 2.05) is 0 Å². The van der Waals surface area contributed by atoms with E-state index in [4.69, 9.17) is 27.6 Å². The van der Waals surface area contributed by atoms with Gasteiger partial charge < -0.3 is 4.42 Å². The Morgan fingerprint density at radius 1 is 1.21 bits per heavy atom. The van der Waals surface area contributed by atoms with Crippen LogP contribution in [-0.4, -0.2) is 0 Å². The minimum atomic E-state index is -0.457. The lowest BCUT2D eigenvalue weighted by Gasteiger charge is -2.00. The fraction of sp³-hybridized carbons (Fsp3) is 0. The molecule has 1 heterocycles. The molecular formula is C9H3BrCl2O2. The molecule has 0 aliphatic rings. The summed E-state index contributed by atoms with van der Waals surface area (Å²) < 4.78 is 5.34. The number of benzene rings is 1. The molecule has 0 aliphatic carbocycles. The summed E-state index contributed by atoms with van der Waals surface area (Å²) in [5, 5.41) is 1.52. The van der Waals surface area contributed by atoms with Gasteiger partial charge in [0.15, 0.2) is 5.58 Å². The molecule has 0 aliphatic heterocycles. The molecule has 0 radical (unpaired) electrons. The molecule has 0 saturated heterocycles. The summed E-state index contributed by atoms with van der Waals surface area (Å²) >= 11 is 14.7. The summed E-state index contributed by atoms with van der Waals surface area (Å²) in [5.74, 6) is 0. The minimum Gasteiger partial charge on any atom is -0.420 e. The molecular weight excluding hydrogens is 291 g/mol. The van der Waals surface area contributed by atoms with Gasteiger partial charge >= 0.3 is 5.63 Å². The summed E-state index contributed by atoms with van der Waals surface area (Å²) in [7, 11) is 0. The molecule has 5 heteroatoms. The lowest BCUT2D eigenvalue weighted by atomic mass is 10.2. The summed E-state index contributed by atoms with van der Waals surface area (Å²) in [4.78, 5) is 11.2. The molecule has 0 bridgehead atoms. The lowest BCUT2D eigenvalue weighted by molar-refractivity contribution is 0.556. The molecule has 0 fully saturated rings. The number of hydrogen-bond acceptors (Lipinski definition) is 2. The highest BCUT2D eigenvalue weighted by Gasteiger charge is 2.07. The van der Waals surface area contributed by atoms with E-state index < -0.39 is 5.63 Å². The maximum Gasteiger partial charge on any atom is 0.350 e. The van der Waals surface area contributed by atoms with E-state index in [-0.39, 0.29) is 0 Å². The van der Waals surface area contributed by atoms with Crippen molar-refractivity contribution in [2.75, 3.05) is 0 Å². The maximum absolute atomic E-state index is 11.2. The molecule has 0 unspecified atom stereocenters. The van der Waals surface area contributed by atoms with Crippen molar-refractivity contribution < 1.29 is 4.42 Å². The van der Waals surface area contributed by atoms with Crippen LogP contribution in [0.25, 0.3) is 11.0 Å². The molecule has 72 valence electrons. The lowest BCUT2D eigenvalue weighted by Crippen LogP contribution is -1.98. The number of halogens is 3. The van der Waals surface area contributed by atoms with E-state index in [1.54, 1.807) is 12.1 Å². The zero-order valence-corrected chi connectivity index (χ0v) is 9.78. The van der Waals surface area contributed by atoms with Gasteiger partial charge in [-0.2, -0.15) is 0 Å². The Morgan fingerprint density at radius 2 is 1.93 bits per heavy atom. The Bertz CT molecular complexity index is 562. The molecule has 2 aromatic rings. The first-order valence-electron chi connectivity index (χ1n) is 3.66. The quantitative estimate of drug-likeness (QED) is 0.691. The standard InChI is InChI=1S/C9H3BrCl2O2/c10-6-2-4-1-5(11)3-7(12)8(4)14-9(6)13/h1-3H. The predicted molar refractivity (Wildman–Crippen MR) is 60.2 cm³/mol. The first kappa shape index (κ1) is 10.0. The fourth-order valence-electron chi connectivity index (χ4n) is 1.13. The smallest absolute Gasteiger partial charge is 0.350 e. The normalized spacial score (nSPS) is 10.8. The Hall–Kier alpha value is -0.510. The van der Waals surface area contributed by atoms with Crippen LogP contribution in [0.1, 0.15) is 0 Å². The topological polar surface area (TPSA) is 30.2 Å². The van der Waals surface area contributed by atoms with Crippen LogP contribution < -0.4 is 5.63 Å². The third-order valence-corrected chi connectivity index (χ3v) is 2.76. The molecule has 0 spiro atoms. The van der Waals surface area contributed by atoms with Crippen LogP contribution in [0.2, 0.25) is 10.0 Å². The van der Waals surface area contributed by atoms with E-state index in [0.717, 1.165) is 0 Å². The van der Waals surface area contributed by atoms with Crippen molar-refractivity contribution in [1.82, 2.24) is 0 Å². The van der Waals surface area contributed by atoms with E-state index in [0.29, 0.717) is 25.5 Å². The van der Waals surface area contributed by atoms with E-state index in [1.165, 1.54) is 6.07 Å². The highest BCUT2D eigenvalue weighted by molar-refractivity contribution is 9.10. The van der Waals surface area contributed by atoms with Gasteiger partial charge in [-0.3, -0.25) is 0 Å². The summed E-state index contributed by atoms with van der Waals surface area (Å²) in [6.45, 7) is 0. The Labute approximate surface area is 97.6 Å². The van der Waals surface area contributed by atoms with Crippen LogP contribution in [0.15, 0.2) is 31.9 Å². The first-order valence-corrected chi connectivity index (χ1v) is 5.21. The molecule has 0 N–H and O–H groups in total. The fourth-order valence-corrected chi connectivity index (χ4v) is 2.01. The SMILES string of the molecule is O=c1oc2c(Cl)cc(Cl)cc2cc1Br. The van der Waals surface area contributed by atoms with Crippen LogP contribution in [0.3, 0.4) is 0 Å². The van der Waals surface area contributed by atoms with Gasteiger partial charge in [0, 0.05) is 10.4 Å². The zero-order chi connectivity index (χ0) is 10.3. The van der Waals surface area contributed by atoms with Gasteiger partial charge in [0.1, 0.15) is 4.47 Å². The van der Waals surface area contributed by atoms with Gasteiger partial charge in [-0.25, -0.2) is 4.79 Å². The molecule has 0 amide bonds. The van der Waals surface area contributed by atoms with Gasteiger partial charge in [-0.05, 0) is 34.1 Å². The minimum absolute atomic E-state index is 0.331. The molecule has 2 nitrogen and oxygen atoms in total. The van der Waals surface area contributed by atoms with Crippen molar-refractivity contribution >= 4 is 50.1 Å². The van der Waals surface area contributed by atoms with Gasteiger partial charge in [-0.1, -0.05) is 23.2 Å². The second-order valence-electron chi connectivity index (χ2n) is 2.69. The number of fused-ring (bicyclic) bond motifs is 1. The van der Waals surface area contributed by atoms with Crippen molar-refractivity contribution in [2.24, 2.45) is 0 Å². The van der Waals surface area contributed by atoms with Gasteiger partial charge in [-0.15, -0.1) is 0 Å². The monoisotopic (exact) mass is 292 g/mol. The predicted octanol–water partition coefficient (Wildman–Crippen LogP) is 3.86. The van der Waals surface area contributed by atoms with Crippen LogP contribution >= 0.6 is 39.1 Å². The second kappa shape index (κ2) is 3.57. The third-order valence-electron chi connectivity index (χ3n) is 1.71. The second-order valence-corrected chi connectivity index (χ2v) is 4.39. The van der Waals surface area contributed by atoms with Crippen LogP contribution in [0.4, 0.5) is 0 Å². The largest absolute Gasteiger partial charge is 0.420 e. The number of hydrogen-bond donors (Lipinski definition) is 0. The average Bonchev–Trinajstić information content (AvgIpc) is 2.08. The molecule has 0 saturated carbocycles. The van der Waals surface area contributed by atoms with E-state index >= 15 is 0 Å². The van der Waals surface area contributed by atoms with Crippen molar-refractivity contribution in [3.05, 3.63) is 43.1 Å². The summed E-state index contributed by atoms with van der Waals surface area (Å²) in [6, 6.07) is 4.83. The van der Waals surface area contributed by atoms with Crippen molar-refractivity contribution in [1.29, 1.82) is 0 Å². The maximum atomic E-state index is 11.2. The van der Waals surface area contributed by atoms with Gasteiger partial charge in [0.25, 0.3) is 0 Å². The zero-order valence-electron chi connectivity index (χ0n) is 6.68. The first-order chi connectivity index (χ1) is 6.58. The third kappa shape index (κ3) is 1.67. The van der Waals surface area contributed by atoms with Crippen molar-refractivity contribution in [3.63, 3.8) is 0 Å². The van der Waals surface area contributed by atoms with E-state index in [9.17, 15) is 4.79 Å². The Morgan fingerprint density at radius 3 is 2.64 bits per heavy atom. The van der Waals surface area contributed by atoms with Crippen molar-refractivity contribution in [2.45, 2.75) is 0 Å². The Kier molecular flexibility index (Phi) is 2.56. The van der Waals surface area contributed by atoms with Crippen LogP contribution in [0.5, 0.6) is 0 Å². The molecule has 0 atom stereocenters. The summed E-state index contributed by atoms with van der Waals surface area (Å²) in [6.07, 6.45) is 0. The molecule has 2 rings (SSSR count).